The third kappa shape index (κ3) is 2.95. The molecule has 8 heteroatoms. The van der Waals surface area contributed by atoms with E-state index in [1.165, 1.54) is 7.11 Å². The van der Waals surface area contributed by atoms with E-state index in [0.717, 1.165) is 0 Å². The number of carbonyl (C=O) groups excluding carboxylic acids is 4. The topological polar surface area (TPSA) is 116 Å². The van der Waals surface area contributed by atoms with Gasteiger partial charge in [-0.3, -0.25) is 19.2 Å². The standard InChI is InChI=1S/C27H36O8/c1-13-7-16(33-6)22(31)26(4)14(13)8-18-27(5)17(9-19(29)35-18)25(3,10-15(28)21(26)27)23(32)24(2)11-20(30)34-12-24/h7,13-15,17-18,21,28H,8-12H2,1-6H3. The molecule has 1 N–H and O–H groups in total. The van der Waals surface area contributed by atoms with Crippen LogP contribution in [0.15, 0.2) is 11.8 Å². The molecule has 4 fully saturated rings. The van der Waals surface area contributed by atoms with Gasteiger partial charge in [-0.1, -0.05) is 27.7 Å². The zero-order valence-corrected chi connectivity index (χ0v) is 21.4. The molecule has 2 saturated carbocycles. The zero-order chi connectivity index (χ0) is 25.7. The lowest BCUT2D eigenvalue weighted by Gasteiger charge is -2.69. The SMILES string of the molecule is COC1=CC(C)C2CC3OC(=O)CC4C(C)(C(=O)C5(C)COC(=O)C5)CC(O)C(C2(C)C1=O)C34C. The summed E-state index contributed by atoms with van der Waals surface area (Å²) < 4.78 is 16.6. The summed E-state index contributed by atoms with van der Waals surface area (Å²) in [4.78, 5) is 52.8. The van der Waals surface area contributed by atoms with Crippen LogP contribution < -0.4 is 0 Å². The fourth-order valence-corrected chi connectivity index (χ4v) is 9.11. The van der Waals surface area contributed by atoms with Crippen molar-refractivity contribution in [2.45, 2.75) is 72.5 Å². The summed E-state index contributed by atoms with van der Waals surface area (Å²) in [7, 11) is 1.48. The van der Waals surface area contributed by atoms with E-state index in [9.17, 15) is 24.3 Å². The van der Waals surface area contributed by atoms with Gasteiger partial charge in [0.1, 0.15) is 18.5 Å². The number of Topliss-reactive ketones (excluding diaryl/α,β-unsaturated/α-hetero) is 2. The lowest BCUT2D eigenvalue weighted by Crippen LogP contribution is -2.73. The van der Waals surface area contributed by atoms with Crippen molar-refractivity contribution < 1.29 is 38.5 Å². The molecule has 2 saturated heterocycles. The fourth-order valence-electron chi connectivity index (χ4n) is 9.11. The Morgan fingerprint density at radius 1 is 1.14 bits per heavy atom. The summed E-state index contributed by atoms with van der Waals surface area (Å²) in [6.07, 6.45) is 0.919. The average molecular weight is 489 g/mol. The summed E-state index contributed by atoms with van der Waals surface area (Å²) in [5.41, 5.74) is -3.86. The van der Waals surface area contributed by atoms with E-state index in [1.54, 1.807) is 6.92 Å². The van der Waals surface area contributed by atoms with Crippen LogP contribution in [0, 0.1) is 45.3 Å². The van der Waals surface area contributed by atoms with Gasteiger partial charge < -0.3 is 19.3 Å². The van der Waals surface area contributed by atoms with Gasteiger partial charge in [-0.2, -0.15) is 0 Å². The second-order valence-corrected chi connectivity index (χ2v) is 12.5. The molecular weight excluding hydrogens is 452 g/mol. The molecule has 0 radical (unpaired) electrons. The first-order chi connectivity index (χ1) is 16.2. The molecule has 0 bridgehead atoms. The number of rotatable bonds is 3. The van der Waals surface area contributed by atoms with E-state index in [-0.39, 0.29) is 55.2 Å². The predicted molar refractivity (Wildman–Crippen MR) is 122 cm³/mol. The number of carbonyl (C=O) groups is 4. The van der Waals surface area contributed by atoms with Gasteiger partial charge in [0.2, 0.25) is 5.78 Å². The number of aliphatic hydroxyl groups is 1. The minimum Gasteiger partial charge on any atom is -0.493 e. The fraction of sp³-hybridized carbons (Fsp3) is 0.778. The van der Waals surface area contributed by atoms with Crippen molar-refractivity contribution >= 4 is 23.5 Å². The molecule has 5 aliphatic rings. The van der Waals surface area contributed by atoms with Gasteiger partial charge in [-0.25, -0.2) is 0 Å². The Kier molecular flexibility index (Phi) is 5.18. The molecular formula is C27H36O8. The van der Waals surface area contributed by atoms with Gasteiger partial charge in [0.25, 0.3) is 0 Å². The van der Waals surface area contributed by atoms with Crippen molar-refractivity contribution in [1.82, 2.24) is 0 Å². The van der Waals surface area contributed by atoms with Crippen LogP contribution in [0.25, 0.3) is 0 Å². The lowest BCUT2D eigenvalue weighted by molar-refractivity contribution is -0.269. The number of fused-ring (bicyclic) bond motifs is 2. The van der Waals surface area contributed by atoms with Crippen molar-refractivity contribution in [2.75, 3.05) is 13.7 Å². The summed E-state index contributed by atoms with van der Waals surface area (Å²) in [6.45, 7) is 9.46. The number of hydrogen-bond acceptors (Lipinski definition) is 8. The molecule has 0 aromatic heterocycles. The molecule has 10 unspecified atom stereocenters. The van der Waals surface area contributed by atoms with Gasteiger partial charge in [0.05, 0.1) is 25.0 Å². The maximum absolute atomic E-state index is 14.1. The van der Waals surface area contributed by atoms with Gasteiger partial charge >= 0.3 is 11.9 Å². The molecule has 192 valence electrons. The number of hydrogen-bond donors (Lipinski definition) is 1. The number of cyclic esters (lactones) is 1. The summed E-state index contributed by atoms with van der Waals surface area (Å²) in [5.74, 6) is -1.92. The van der Waals surface area contributed by atoms with E-state index in [4.69, 9.17) is 14.2 Å². The molecule has 0 amide bonds. The Morgan fingerprint density at radius 2 is 1.83 bits per heavy atom. The number of esters is 2. The van der Waals surface area contributed by atoms with Crippen molar-refractivity contribution in [3.05, 3.63) is 11.8 Å². The first-order valence-electron chi connectivity index (χ1n) is 12.6. The maximum Gasteiger partial charge on any atom is 0.306 e. The third-order valence-electron chi connectivity index (χ3n) is 10.6. The van der Waals surface area contributed by atoms with Crippen LogP contribution in [0.5, 0.6) is 0 Å². The highest BCUT2D eigenvalue weighted by molar-refractivity contribution is 6.00. The van der Waals surface area contributed by atoms with E-state index in [0.29, 0.717) is 12.2 Å². The van der Waals surface area contributed by atoms with Gasteiger partial charge in [-0.15, -0.1) is 0 Å². The molecule has 5 rings (SSSR count). The molecule has 35 heavy (non-hydrogen) atoms. The highest BCUT2D eigenvalue weighted by Crippen LogP contribution is 2.71. The van der Waals surface area contributed by atoms with Gasteiger partial charge in [0.15, 0.2) is 5.76 Å². The quantitative estimate of drug-likeness (QED) is 0.603. The monoisotopic (exact) mass is 488 g/mol. The second-order valence-electron chi connectivity index (χ2n) is 12.5. The van der Waals surface area contributed by atoms with Crippen LogP contribution >= 0.6 is 0 Å². The van der Waals surface area contributed by atoms with Crippen LogP contribution in [0.1, 0.15) is 60.3 Å². The number of methoxy groups -OCH3 is 1. The van der Waals surface area contributed by atoms with E-state index in [2.05, 4.69) is 0 Å². The maximum atomic E-state index is 14.1. The number of allylic oxidation sites excluding steroid dienone is 2. The van der Waals surface area contributed by atoms with Gasteiger partial charge in [-0.05, 0) is 43.6 Å². The predicted octanol–water partition coefficient (Wildman–Crippen LogP) is 2.61. The Bertz CT molecular complexity index is 1050. The molecule has 8 nitrogen and oxygen atoms in total. The highest BCUT2D eigenvalue weighted by Gasteiger charge is 2.75. The van der Waals surface area contributed by atoms with Crippen molar-refractivity contribution in [3.8, 4) is 0 Å². The Hall–Kier alpha value is -2.22. The summed E-state index contributed by atoms with van der Waals surface area (Å²) in [5, 5.41) is 11.8. The highest BCUT2D eigenvalue weighted by atomic mass is 16.5. The smallest absolute Gasteiger partial charge is 0.306 e. The van der Waals surface area contributed by atoms with Crippen molar-refractivity contribution in [1.29, 1.82) is 0 Å². The largest absolute Gasteiger partial charge is 0.493 e. The average Bonchev–Trinajstić information content (AvgIpc) is 3.13. The molecule has 0 aromatic carbocycles. The van der Waals surface area contributed by atoms with Crippen LogP contribution in [0.4, 0.5) is 0 Å². The number of ether oxygens (including phenoxy) is 3. The summed E-state index contributed by atoms with van der Waals surface area (Å²) >= 11 is 0. The van der Waals surface area contributed by atoms with Crippen LogP contribution in [-0.4, -0.2) is 54.5 Å². The first kappa shape index (κ1) is 24.5. The summed E-state index contributed by atoms with van der Waals surface area (Å²) in [6, 6.07) is 0. The molecule has 10 atom stereocenters. The first-order valence-corrected chi connectivity index (χ1v) is 12.6. The lowest BCUT2D eigenvalue weighted by atomic mass is 9.35. The van der Waals surface area contributed by atoms with Crippen LogP contribution in [0.2, 0.25) is 0 Å². The van der Waals surface area contributed by atoms with Crippen molar-refractivity contribution in [3.63, 3.8) is 0 Å². The molecule has 3 aliphatic carbocycles. The zero-order valence-electron chi connectivity index (χ0n) is 21.4. The van der Waals surface area contributed by atoms with E-state index >= 15 is 0 Å². The van der Waals surface area contributed by atoms with E-state index < -0.39 is 51.7 Å². The number of aliphatic hydroxyl groups excluding tert-OH is 1. The molecule has 2 aliphatic heterocycles. The Labute approximate surface area is 205 Å². The minimum absolute atomic E-state index is 0.00509. The van der Waals surface area contributed by atoms with Gasteiger partial charge in [0, 0.05) is 28.6 Å². The molecule has 0 spiro atoms. The Morgan fingerprint density at radius 3 is 2.43 bits per heavy atom. The van der Waals surface area contributed by atoms with Crippen molar-refractivity contribution in [2.24, 2.45) is 45.3 Å². The van der Waals surface area contributed by atoms with Crippen LogP contribution in [0.3, 0.4) is 0 Å². The normalized spacial score (nSPS) is 50.9. The molecule has 0 aromatic rings. The van der Waals surface area contributed by atoms with Crippen LogP contribution in [-0.2, 0) is 33.4 Å². The third-order valence-corrected chi connectivity index (χ3v) is 10.6. The minimum atomic E-state index is -1.09. The Balaban J connectivity index is 1.66. The second kappa shape index (κ2) is 7.40. The van der Waals surface area contributed by atoms with E-state index in [1.807, 2.05) is 33.8 Å². The molecule has 2 heterocycles. The number of ketones is 2.